The summed E-state index contributed by atoms with van der Waals surface area (Å²) in [6.07, 6.45) is 2.66. The summed E-state index contributed by atoms with van der Waals surface area (Å²) in [6, 6.07) is 6.86. The summed E-state index contributed by atoms with van der Waals surface area (Å²) in [5, 5.41) is 10.1. The van der Waals surface area contributed by atoms with Crippen molar-refractivity contribution >= 4 is 36.8 Å². The van der Waals surface area contributed by atoms with Crippen LogP contribution in [0.4, 0.5) is 5.82 Å². The van der Waals surface area contributed by atoms with Gasteiger partial charge in [-0.1, -0.05) is 6.07 Å². The molecule has 11 heteroatoms. The summed E-state index contributed by atoms with van der Waals surface area (Å²) in [4.78, 5) is 24.3. The Hall–Kier alpha value is -2.69. The van der Waals surface area contributed by atoms with Crippen molar-refractivity contribution in [2.24, 2.45) is 11.6 Å². The number of carbonyl (C=O) groups is 1. The van der Waals surface area contributed by atoms with Crippen LogP contribution < -0.4 is 22.2 Å². The van der Waals surface area contributed by atoms with Crippen molar-refractivity contribution in [1.82, 2.24) is 19.9 Å². The summed E-state index contributed by atoms with van der Waals surface area (Å²) in [5.74, 6) is 6.09. The molecule has 0 saturated carbocycles. The molecule has 0 aromatic carbocycles. The van der Waals surface area contributed by atoms with Gasteiger partial charge in [0, 0.05) is 26.0 Å². The lowest BCUT2D eigenvalue weighted by Gasteiger charge is -2.12. The van der Waals surface area contributed by atoms with E-state index in [0.29, 0.717) is 30.2 Å². The second kappa shape index (κ2) is 9.31. The molecule has 27 heavy (non-hydrogen) atoms. The molecule has 1 aliphatic rings. The molecule has 3 rings (SSSR count). The number of halogens is 1. The lowest BCUT2D eigenvalue weighted by atomic mass is 10.0. The van der Waals surface area contributed by atoms with Crippen molar-refractivity contribution < 1.29 is 9.90 Å². The molecule has 3 heterocycles. The Morgan fingerprint density at radius 2 is 2.11 bits per heavy atom. The number of hydrogen-bond acceptors (Lipinski definition) is 8. The van der Waals surface area contributed by atoms with Gasteiger partial charge in [-0.25, -0.2) is 20.8 Å². The molecule has 0 aliphatic carbocycles. The molecule has 1 aliphatic heterocycles. The Kier molecular flexibility index (Phi) is 7.11. The van der Waals surface area contributed by atoms with Crippen LogP contribution in [0.2, 0.25) is 5.28 Å². The van der Waals surface area contributed by atoms with Gasteiger partial charge in [0.25, 0.3) is 5.91 Å². The molecule has 2 aromatic rings. The van der Waals surface area contributed by atoms with E-state index in [9.17, 15) is 4.79 Å². The maximum atomic E-state index is 10.6. The van der Waals surface area contributed by atoms with E-state index in [1.54, 1.807) is 31.3 Å². The SMILES string of the molecule is CN1CCC(O)C1=O.[B]c1cc(-c2cccc(N(N)/C=C\N)n2)nc(Cl)n1. The lowest BCUT2D eigenvalue weighted by Crippen LogP contribution is -2.25. The topological polar surface area (TPSA) is 134 Å². The van der Waals surface area contributed by atoms with Gasteiger partial charge in [0.2, 0.25) is 5.28 Å². The first-order valence-corrected chi connectivity index (χ1v) is 8.32. The number of aromatic nitrogens is 3. The van der Waals surface area contributed by atoms with E-state index in [1.807, 2.05) is 0 Å². The highest BCUT2D eigenvalue weighted by Gasteiger charge is 2.25. The standard InChI is InChI=1S/C11H10BClN6.C5H9NO2/c12-9-6-8(17-11(13)18-9)7-2-1-3-10(16-7)19(15)5-4-14;1-6-3-2-4(7)5(6)8/h1-6H,14-15H2;4,7H,2-3H2,1H3/b5-4-;. The molecule has 2 radical (unpaired) electrons. The number of carbonyl (C=O) groups excluding carboxylic acids is 1. The largest absolute Gasteiger partial charge is 0.403 e. The minimum Gasteiger partial charge on any atom is -0.403 e. The first kappa shape index (κ1) is 20.6. The number of hydrogen-bond donors (Lipinski definition) is 3. The van der Waals surface area contributed by atoms with Crippen LogP contribution in [0, 0.1) is 0 Å². The van der Waals surface area contributed by atoms with Gasteiger partial charge in [0.15, 0.2) is 0 Å². The van der Waals surface area contributed by atoms with Crippen molar-refractivity contribution in [3.8, 4) is 11.4 Å². The monoisotopic (exact) mass is 387 g/mol. The van der Waals surface area contributed by atoms with Crippen LogP contribution in [0.25, 0.3) is 11.4 Å². The van der Waals surface area contributed by atoms with Crippen molar-refractivity contribution in [3.63, 3.8) is 0 Å². The summed E-state index contributed by atoms with van der Waals surface area (Å²) < 4.78 is 0. The molecule has 1 saturated heterocycles. The second-order valence-corrected chi connectivity index (χ2v) is 5.98. The number of hydrazine groups is 1. The van der Waals surface area contributed by atoms with Crippen molar-refractivity contribution in [2.75, 3.05) is 18.6 Å². The highest BCUT2D eigenvalue weighted by atomic mass is 35.5. The number of nitrogens with zero attached hydrogens (tertiary/aromatic N) is 5. The minimum absolute atomic E-state index is 0.0636. The Labute approximate surface area is 163 Å². The number of amides is 1. The van der Waals surface area contributed by atoms with Gasteiger partial charge in [-0.2, -0.15) is 0 Å². The number of likely N-dealkylation sites (tertiary alicyclic amines) is 1. The predicted octanol–water partition coefficient (Wildman–Crippen LogP) is -0.695. The van der Waals surface area contributed by atoms with Crippen molar-refractivity contribution in [1.29, 1.82) is 0 Å². The zero-order valence-corrected chi connectivity index (χ0v) is 15.4. The number of anilines is 1. The molecule has 0 spiro atoms. The highest BCUT2D eigenvalue weighted by Crippen LogP contribution is 2.18. The number of pyridine rings is 1. The van der Waals surface area contributed by atoms with Crippen molar-refractivity contribution in [2.45, 2.75) is 12.5 Å². The normalized spacial score (nSPS) is 16.4. The summed E-state index contributed by atoms with van der Waals surface area (Å²) in [6.45, 7) is 0.694. The van der Waals surface area contributed by atoms with Gasteiger partial charge >= 0.3 is 0 Å². The van der Waals surface area contributed by atoms with Crippen LogP contribution >= 0.6 is 11.6 Å². The van der Waals surface area contributed by atoms with Crippen LogP contribution in [0.1, 0.15) is 6.42 Å². The third kappa shape index (κ3) is 5.65. The Balaban J connectivity index is 0.000000273. The van der Waals surface area contributed by atoms with E-state index in [4.69, 9.17) is 36.1 Å². The molecule has 0 bridgehead atoms. The summed E-state index contributed by atoms with van der Waals surface area (Å²) in [7, 11) is 7.31. The number of aliphatic hydroxyl groups is 1. The molecule has 1 fully saturated rings. The smallest absolute Gasteiger partial charge is 0.251 e. The highest BCUT2D eigenvalue weighted by molar-refractivity contribution is 6.33. The fourth-order valence-corrected chi connectivity index (χ4v) is 2.44. The van der Waals surface area contributed by atoms with Gasteiger partial charge < -0.3 is 15.7 Å². The van der Waals surface area contributed by atoms with Gasteiger partial charge in [0.05, 0.1) is 11.4 Å². The van der Waals surface area contributed by atoms with Gasteiger partial charge in [0.1, 0.15) is 19.8 Å². The number of rotatable bonds is 3. The molecular weight excluding hydrogens is 368 g/mol. The number of aliphatic hydroxyl groups excluding tert-OH is 1. The van der Waals surface area contributed by atoms with E-state index in [-0.39, 0.29) is 16.8 Å². The average molecular weight is 388 g/mol. The lowest BCUT2D eigenvalue weighted by molar-refractivity contribution is -0.133. The second-order valence-electron chi connectivity index (χ2n) is 5.64. The Bertz CT molecular complexity index is 804. The van der Waals surface area contributed by atoms with E-state index >= 15 is 0 Å². The van der Waals surface area contributed by atoms with Crippen LogP contribution in [0.15, 0.2) is 36.7 Å². The minimum atomic E-state index is -0.722. The molecule has 9 nitrogen and oxygen atoms in total. The zero-order valence-electron chi connectivity index (χ0n) is 14.7. The van der Waals surface area contributed by atoms with Crippen LogP contribution in [0.3, 0.4) is 0 Å². The summed E-state index contributed by atoms with van der Waals surface area (Å²) in [5.41, 5.74) is 6.64. The quantitative estimate of drug-likeness (QED) is 0.272. The molecule has 1 amide bonds. The fraction of sp³-hybridized carbons (Fsp3) is 0.250. The van der Waals surface area contributed by atoms with E-state index in [1.165, 1.54) is 22.3 Å². The average Bonchev–Trinajstić information content (AvgIpc) is 2.93. The maximum absolute atomic E-state index is 10.6. The molecular formula is C16H19BClN7O2. The Morgan fingerprint density at radius 3 is 2.63 bits per heavy atom. The van der Waals surface area contributed by atoms with Crippen LogP contribution in [-0.4, -0.2) is 58.4 Å². The number of likely N-dealkylation sites (N-methyl/N-ethyl adjacent to an activating group) is 1. The first-order chi connectivity index (χ1) is 12.8. The Morgan fingerprint density at radius 1 is 1.37 bits per heavy atom. The fourth-order valence-electron chi connectivity index (χ4n) is 2.25. The predicted molar refractivity (Wildman–Crippen MR) is 104 cm³/mol. The van der Waals surface area contributed by atoms with E-state index < -0.39 is 6.10 Å². The van der Waals surface area contributed by atoms with Gasteiger partial charge in [-0.05, 0) is 41.8 Å². The van der Waals surface area contributed by atoms with Crippen LogP contribution in [-0.2, 0) is 4.79 Å². The van der Waals surface area contributed by atoms with Gasteiger partial charge in [-0.3, -0.25) is 9.80 Å². The van der Waals surface area contributed by atoms with E-state index in [0.717, 1.165) is 0 Å². The number of nitrogens with two attached hydrogens (primary N) is 2. The molecule has 5 N–H and O–H groups in total. The van der Waals surface area contributed by atoms with Crippen molar-refractivity contribution in [3.05, 3.63) is 41.9 Å². The third-order valence-corrected chi connectivity index (χ3v) is 3.79. The van der Waals surface area contributed by atoms with Gasteiger partial charge in [-0.15, -0.1) is 0 Å². The molecule has 2 aromatic heterocycles. The molecule has 140 valence electrons. The van der Waals surface area contributed by atoms with Crippen LogP contribution in [0.5, 0.6) is 0 Å². The van der Waals surface area contributed by atoms with E-state index in [2.05, 4.69) is 15.0 Å². The summed E-state index contributed by atoms with van der Waals surface area (Å²) >= 11 is 5.76. The maximum Gasteiger partial charge on any atom is 0.251 e. The molecule has 1 atom stereocenters. The zero-order chi connectivity index (χ0) is 20.0. The third-order valence-electron chi connectivity index (χ3n) is 3.63. The first-order valence-electron chi connectivity index (χ1n) is 7.94. The molecule has 1 unspecified atom stereocenters.